The monoisotopic (exact) mass is 398 g/mol. The van der Waals surface area contributed by atoms with Gasteiger partial charge in [0, 0.05) is 10.6 Å². The van der Waals surface area contributed by atoms with E-state index in [0.717, 1.165) is 11.9 Å². The zero-order chi connectivity index (χ0) is 19.7. The summed E-state index contributed by atoms with van der Waals surface area (Å²) >= 11 is 0.791. The number of benzene rings is 2. The lowest BCUT2D eigenvalue weighted by atomic mass is 10.0. The second kappa shape index (κ2) is 7.16. The van der Waals surface area contributed by atoms with Crippen LogP contribution in [-0.2, 0) is 12.4 Å². The highest BCUT2D eigenvalue weighted by Crippen LogP contribution is 2.38. The highest BCUT2D eigenvalue weighted by Gasteiger charge is 2.41. The first-order chi connectivity index (χ1) is 11.9. The minimum atomic E-state index is -5.37. The maximum atomic E-state index is 14.0. The summed E-state index contributed by atoms with van der Waals surface area (Å²) in [6, 6.07) is 5.11. The minimum absolute atomic E-state index is 0.00197. The Hall–Kier alpha value is -2.27. The fourth-order valence-electron chi connectivity index (χ4n) is 2.07. The van der Waals surface area contributed by atoms with E-state index >= 15 is 0 Å². The van der Waals surface area contributed by atoms with Crippen molar-refractivity contribution in [1.82, 2.24) is 0 Å². The van der Waals surface area contributed by atoms with Crippen molar-refractivity contribution in [3.8, 4) is 0 Å². The molecule has 0 saturated heterocycles. The van der Waals surface area contributed by atoms with E-state index in [2.05, 4.69) is 0 Å². The topological polar surface area (TPSA) is 55.1 Å². The summed E-state index contributed by atoms with van der Waals surface area (Å²) in [7, 11) is 0. The molecule has 0 aliphatic rings. The molecule has 11 heteroatoms. The largest absolute Gasteiger partial charge is 0.417 e. The molecule has 0 aliphatic heterocycles. The molecule has 2 aromatic rings. The Morgan fingerprint density at radius 1 is 1.00 bits per heavy atom. The first-order valence-corrected chi connectivity index (χ1v) is 7.57. The van der Waals surface area contributed by atoms with Gasteiger partial charge in [0.2, 0.25) is 0 Å². The molecule has 0 aromatic heterocycles. The summed E-state index contributed by atoms with van der Waals surface area (Å²) in [5, 5.41) is 7.33. The quantitative estimate of drug-likeness (QED) is 0.560. The molecule has 2 aromatic carbocycles. The average Bonchev–Trinajstić information content (AvgIpc) is 2.52. The van der Waals surface area contributed by atoms with Crippen LogP contribution in [-0.4, -0.2) is 5.91 Å². The van der Waals surface area contributed by atoms with Crippen LogP contribution in [0.4, 0.5) is 36.4 Å². The number of nitrogens with one attached hydrogen (secondary N) is 1. The fourth-order valence-corrected chi connectivity index (χ4v) is 2.42. The second-order valence-electron chi connectivity index (χ2n) is 4.98. The number of hydrogen-bond acceptors (Lipinski definition) is 3. The third kappa shape index (κ3) is 4.47. The molecule has 0 spiro atoms. The lowest BCUT2D eigenvalue weighted by Crippen LogP contribution is -2.22. The number of carbonyl (C=O) groups excluding carboxylic acids is 1. The number of anilines is 1. The van der Waals surface area contributed by atoms with Gasteiger partial charge < -0.3 is 5.32 Å². The zero-order valence-corrected chi connectivity index (χ0v) is 13.3. The fraction of sp³-hybridized carbons (Fsp3) is 0.133. The van der Waals surface area contributed by atoms with E-state index in [1.807, 2.05) is 5.32 Å². The molecular formula is C15H9F7N2OS. The normalized spacial score (nSPS) is 12.2. The van der Waals surface area contributed by atoms with Crippen LogP contribution < -0.4 is 10.5 Å². The van der Waals surface area contributed by atoms with Crippen molar-refractivity contribution in [2.24, 2.45) is 5.14 Å². The lowest BCUT2D eigenvalue weighted by molar-refractivity contribution is -0.143. The number of hydrogen-bond donors (Lipinski definition) is 2. The van der Waals surface area contributed by atoms with Crippen molar-refractivity contribution < 1.29 is 35.5 Å². The van der Waals surface area contributed by atoms with Crippen LogP contribution in [0.2, 0.25) is 0 Å². The Bertz CT molecular complexity index is 834. The van der Waals surface area contributed by atoms with E-state index < -0.39 is 40.8 Å². The van der Waals surface area contributed by atoms with Crippen LogP contribution in [0.1, 0.15) is 21.5 Å². The Labute approximate surface area is 146 Å². The third-order valence-corrected chi connectivity index (χ3v) is 3.70. The number of nitrogens with two attached hydrogens (primary N) is 1. The molecule has 0 unspecified atom stereocenters. The minimum Gasteiger partial charge on any atom is -0.322 e. The van der Waals surface area contributed by atoms with E-state index in [9.17, 15) is 35.5 Å². The van der Waals surface area contributed by atoms with Gasteiger partial charge in [-0.3, -0.25) is 9.93 Å². The summed E-state index contributed by atoms with van der Waals surface area (Å²) in [4.78, 5) is 12.5. The Balaban J connectivity index is 2.51. The number of alkyl halides is 6. The number of amides is 1. The van der Waals surface area contributed by atoms with Crippen molar-refractivity contribution >= 4 is 23.5 Å². The van der Waals surface area contributed by atoms with Crippen LogP contribution in [0.15, 0.2) is 41.3 Å². The van der Waals surface area contributed by atoms with Gasteiger partial charge in [-0.2, -0.15) is 26.3 Å². The van der Waals surface area contributed by atoms with E-state index in [1.165, 1.54) is 18.2 Å². The summed E-state index contributed by atoms with van der Waals surface area (Å²) in [6.45, 7) is 0. The van der Waals surface area contributed by atoms with Gasteiger partial charge in [0.05, 0.1) is 16.7 Å². The smallest absolute Gasteiger partial charge is 0.322 e. The van der Waals surface area contributed by atoms with Gasteiger partial charge in [-0.05, 0) is 42.3 Å². The van der Waals surface area contributed by atoms with Crippen molar-refractivity contribution in [3.63, 3.8) is 0 Å². The number of halogens is 7. The number of rotatable bonds is 3. The highest BCUT2D eigenvalue weighted by atomic mass is 32.2. The summed E-state index contributed by atoms with van der Waals surface area (Å²) < 4.78 is 91.2. The predicted molar refractivity (Wildman–Crippen MR) is 80.8 cm³/mol. The van der Waals surface area contributed by atoms with Gasteiger partial charge in [-0.25, -0.2) is 4.39 Å². The summed E-state index contributed by atoms with van der Waals surface area (Å²) in [5.41, 5.74) is -5.40. The van der Waals surface area contributed by atoms with Crippen LogP contribution in [0.25, 0.3) is 0 Å². The molecular weight excluding hydrogens is 389 g/mol. The molecule has 2 rings (SSSR count). The molecule has 1 amide bonds. The van der Waals surface area contributed by atoms with Crippen molar-refractivity contribution in [2.45, 2.75) is 17.2 Å². The maximum absolute atomic E-state index is 14.0. The summed E-state index contributed by atoms with van der Waals surface area (Å²) in [6.07, 6.45) is -10.6. The highest BCUT2D eigenvalue weighted by molar-refractivity contribution is 7.97. The number of carbonyl (C=O) groups is 1. The van der Waals surface area contributed by atoms with Crippen molar-refractivity contribution in [2.75, 3.05) is 5.32 Å². The lowest BCUT2D eigenvalue weighted by Gasteiger charge is -2.17. The SMILES string of the molecule is NSc1cccc(NC(=O)c2c(F)cc(C(F)(F)F)cc2C(F)(F)F)c1. The van der Waals surface area contributed by atoms with Crippen LogP contribution >= 0.6 is 11.9 Å². The molecule has 0 bridgehead atoms. The first kappa shape index (κ1) is 20.0. The predicted octanol–water partition coefficient (Wildman–Crippen LogP) is 5.08. The Morgan fingerprint density at radius 2 is 1.65 bits per heavy atom. The van der Waals surface area contributed by atoms with Gasteiger partial charge in [-0.15, -0.1) is 0 Å². The summed E-state index contributed by atoms with van der Waals surface area (Å²) in [5.74, 6) is -3.48. The molecule has 3 N–H and O–H groups in total. The molecule has 140 valence electrons. The molecule has 0 aliphatic carbocycles. The van der Waals surface area contributed by atoms with E-state index in [0.29, 0.717) is 4.90 Å². The maximum Gasteiger partial charge on any atom is 0.417 e. The average molecular weight is 398 g/mol. The zero-order valence-electron chi connectivity index (χ0n) is 12.5. The third-order valence-electron chi connectivity index (χ3n) is 3.18. The molecule has 26 heavy (non-hydrogen) atoms. The van der Waals surface area contributed by atoms with Crippen LogP contribution in [0, 0.1) is 5.82 Å². The van der Waals surface area contributed by atoms with Gasteiger partial charge >= 0.3 is 12.4 Å². The van der Waals surface area contributed by atoms with Gasteiger partial charge in [0.25, 0.3) is 5.91 Å². The van der Waals surface area contributed by atoms with E-state index in [-0.39, 0.29) is 17.8 Å². The first-order valence-electron chi connectivity index (χ1n) is 6.69. The van der Waals surface area contributed by atoms with Gasteiger partial charge in [0.15, 0.2) is 0 Å². The second-order valence-corrected chi connectivity index (χ2v) is 5.68. The van der Waals surface area contributed by atoms with E-state index in [1.54, 1.807) is 6.07 Å². The van der Waals surface area contributed by atoms with Gasteiger partial charge in [0.1, 0.15) is 5.82 Å². The van der Waals surface area contributed by atoms with Crippen LogP contribution in [0.5, 0.6) is 0 Å². The Kier molecular flexibility index (Phi) is 5.52. The molecule has 3 nitrogen and oxygen atoms in total. The standard InChI is InChI=1S/C15H9F7N2OS/c16-11-5-7(14(17,18)19)4-10(15(20,21)22)12(11)13(25)24-8-2-1-3-9(6-8)26-23/h1-6H,23H2,(H,24,25). The van der Waals surface area contributed by atoms with Crippen molar-refractivity contribution in [3.05, 3.63) is 58.9 Å². The van der Waals surface area contributed by atoms with E-state index in [4.69, 9.17) is 5.14 Å². The molecule has 0 atom stereocenters. The van der Waals surface area contributed by atoms with Gasteiger partial charge in [-0.1, -0.05) is 6.07 Å². The Morgan fingerprint density at radius 3 is 2.19 bits per heavy atom. The molecule has 0 fully saturated rings. The molecule has 0 heterocycles. The molecule has 0 radical (unpaired) electrons. The van der Waals surface area contributed by atoms with Crippen LogP contribution in [0.3, 0.4) is 0 Å². The molecule has 0 saturated carbocycles. The van der Waals surface area contributed by atoms with Crippen molar-refractivity contribution in [1.29, 1.82) is 0 Å².